The van der Waals surface area contributed by atoms with Crippen LogP contribution in [-0.2, 0) is 24.1 Å². The molecule has 30 heavy (non-hydrogen) atoms. The summed E-state index contributed by atoms with van der Waals surface area (Å²) in [7, 11) is 0. The van der Waals surface area contributed by atoms with Crippen LogP contribution in [0.3, 0.4) is 0 Å². The van der Waals surface area contributed by atoms with Gasteiger partial charge in [0.25, 0.3) is 0 Å². The zero-order valence-corrected chi connectivity index (χ0v) is 17.5. The number of fused-ring (bicyclic) bond motifs is 3. The van der Waals surface area contributed by atoms with Gasteiger partial charge in [-0.1, -0.05) is 43.3 Å². The van der Waals surface area contributed by atoms with Crippen molar-refractivity contribution in [3.8, 4) is 5.75 Å². The minimum atomic E-state index is -1.24. The average Bonchev–Trinajstić information content (AvgIpc) is 3.48. The van der Waals surface area contributed by atoms with Gasteiger partial charge in [-0.3, -0.25) is 4.79 Å². The molecular formula is C27H29FO2. The third kappa shape index (κ3) is 2.27. The molecular weight excluding hydrogens is 375 g/mol. The first kappa shape index (κ1) is 18.6. The Bertz CT molecular complexity index is 1030. The van der Waals surface area contributed by atoms with Gasteiger partial charge in [-0.2, -0.15) is 0 Å². The predicted octanol–water partition coefficient (Wildman–Crippen LogP) is 5.55. The minimum Gasteiger partial charge on any atom is -0.508 e. The largest absolute Gasteiger partial charge is 0.508 e. The maximum absolute atomic E-state index is 14.7. The van der Waals surface area contributed by atoms with Gasteiger partial charge in [-0.05, 0) is 90.5 Å². The number of carbonyl (C=O) groups excluding carboxylic acids is 1. The van der Waals surface area contributed by atoms with Gasteiger partial charge in [0.15, 0.2) is 12.0 Å². The number of Topliss-reactive ketones (excluding diaryl/α,β-unsaturated/α-hetero) is 1. The molecule has 0 bridgehead atoms. The molecule has 156 valence electrons. The van der Waals surface area contributed by atoms with E-state index in [1.807, 2.05) is 12.1 Å². The predicted molar refractivity (Wildman–Crippen MR) is 114 cm³/mol. The fraction of sp³-hybridized carbons (Fsp3) is 0.519. The van der Waals surface area contributed by atoms with Gasteiger partial charge in [0, 0.05) is 11.3 Å². The molecule has 1 spiro atoms. The van der Waals surface area contributed by atoms with E-state index in [4.69, 9.17) is 0 Å². The number of carbonyl (C=O) groups is 1. The first-order valence-corrected chi connectivity index (χ1v) is 11.5. The van der Waals surface area contributed by atoms with Gasteiger partial charge in [-0.25, -0.2) is 4.39 Å². The number of halogens is 1. The van der Waals surface area contributed by atoms with Crippen molar-refractivity contribution in [2.45, 2.75) is 64.0 Å². The standard InChI is InChI=1S/C27H29FO2/c1-26-12-11-19-20-13-18(8-7-16-5-3-2-4-6-16)23(29)14-17(20)9-10-21(19)27(26)15-22(27)24(28)25(26)30/h2-6,13-14,19,21-22,24,29H,7-12,15H2,1H3/t19-,21-,22+,24+,26-,27-/m1/s1. The van der Waals surface area contributed by atoms with Crippen LogP contribution < -0.4 is 0 Å². The van der Waals surface area contributed by atoms with E-state index in [0.29, 0.717) is 17.6 Å². The second-order valence-corrected chi connectivity index (χ2v) is 10.4. The molecule has 2 nitrogen and oxygen atoms in total. The zero-order valence-electron chi connectivity index (χ0n) is 17.5. The van der Waals surface area contributed by atoms with Gasteiger partial charge in [-0.15, -0.1) is 0 Å². The number of phenols is 1. The number of benzene rings is 2. The molecule has 0 amide bonds. The minimum absolute atomic E-state index is 0.0426. The van der Waals surface area contributed by atoms with Crippen LogP contribution in [0, 0.1) is 22.7 Å². The fourth-order valence-corrected chi connectivity index (χ4v) is 7.74. The van der Waals surface area contributed by atoms with Crippen molar-refractivity contribution in [2.75, 3.05) is 0 Å². The molecule has 3 heteroatoms. The Morgan fingerprint density at radius 1 is 1.10 bits per heavy atom. The maximum Gasteiger partial charge on any atom is 0.173 e. The molecule has 4 aliphatic rings. The number of aromatic hydroxyl groups is 1. The average molecular weight is 405 g/mol. The zero-order chi connectivity index (χ0) is 20.7. The van der Waals surface area contributed by atoms with Crippen LogP contribution >= 0.6 is 0 Å². The second-order valence-electron chi connectivity index (χ2n) is 10.4. The summed E-state index contributed by atoms with van der Waals surface area (Å²) in [6.07, 6.45) is 5.10. The van der Waals surface area contributed by atoms with Crippen molar-refractivity contribution in [2.24, 2.45) is 22.7 Å². The highest BCUT2D eigenvalue weighted by Gasteiger charge is 2.81. The summed E-state index contributed by atoms with van der Waals surface area (Å²) in [5.41, 5.74) is 4.36. The van der Waals surface area contributed by atoms with Crippen molar-refractivity contribution in [3.63, 3.8) is 0 Å². The highest BCUT2D eigenvalue weighted by atomic mass is 19.1. The van der Waals surface area contributed by atoms with Gasteiger partial charge < -0.3 is 5.11 Å². The summed E-state index contributed by atoms with van der Waals surface area (Å²) in [5, 5.41) is 10.7. The highest BCUT2D eigenvalue weighted by molar-refractivity contribution is 5.94. The van der Waals surface area contributed by atoms with Crippen LogP contribution in [0.2, 0.25) is 0 Å². The summed E-state index contributed by atoms with van der Waals surface area (Å²) in [4.78, 5) is 12.7. The second kappa shape index (κ2) is 6.18. The van der Waals surface area contributed by atoms with Crippen molar-refractivity contribution in [3.05, 3.63) is 64.7 Å². The number of ketones is 1. The van der Waals surface area contributed by atoms with Crippen LogP contribution in [0.25, 0.3) is 0 Å². The van der Waals surface area contributed by atoms with Crippen molar-refractivity contribution in [1.29, 1.82) is 0 Å². The lowest BCUT2D eigenvalue weighted by Gasteiger charge is -2.50. The van der Waals surface area contributed by atoms with E-state index in [9.17, 15) is 14.3 Å². The first-order chi connectivity index (χ1) is 14.5. The molecule has 3 fully saturated rings. The Morgan fingerprint density at radius 3 is 2.70 bits per heavy atom. The molecule has 2 aromatic carbocycles. The van der Waals surface area contributed by atoms with Gasteiger partial charge in [0.05, 0.1) is 0 Å². The molecule has 1 N–H and O–H groups in total. The summed E-state index contributed by atoms with van der Waals surface area (Å²) in [6.45, 7) is 2.06. The lowest BCUT2D eigenvalue weighted by Crippen LogP contribution is -2.46. The summed E-state index contributed by atoms with van der Waals surface area (Å²) in [5.74, 6) is 1.06. The molecule has 2 aromatic rings. The monoisotopic (exact) mass is 404 g/mol. The number of alkyl halides is 1. The first-order valence-electron chi connectivity index (χ1n) is 11.5. The van der Waals surface area contributed by atoms with Gasteiger partial charge in [0.1, 0.15) is 5.75 Å². The van der Waals surface area contributed by atoms with E-state index in [1.165, 1.54) is 16.7 Å². The molecule has 3 saturated carbocycles. The Labute approximate surface area is 177 Å². The SMILES string of the molecule is C[C@]12CC[C@@H]3c4cc(CCc5ccccc5)c(O)cc4CC[C@H]3[C@@]13C[C@H]3[C@H](F)C2=O. The van der Waals surface area contributed by atoms with Crippen LogP contribution in [0.4, 0.5) is 4.39 Å². The number of rotatable bonds is 3. The quantitative estimate of drug-likeness (QED) is 0.728. The molecule has 0 aliphatic heterocycles. The van der Waals surface area contributed by atoms with E-state index < -0.39 is 11.6 Å². The van der Waals surface area contributed by atoms with Crippen LogP contribution in [-0.4, -0.2) is 17.1 Å². The summed E-state index contributed by atoms with van der Waals surface area (Å²) in [6, 6.07) is 14.6. The Kier molecular flexibility index (Phi) is 3.83. The van der Waals surface area contributed by atoms with E-state index in [1.54, 1.807) is 0 Å². The smallest absolute Gasteiger partial charge is 0.173 e. The normalized spacial score (nSPS) is 38.4. The number of hydrogen-bond donors (Lipinski definition) is 1. The fourth-order valence-electron chi connectivity index (χ4n) is 7.74. The van der Waals surface area contributed by atoms with E-state index in [0.717, 1.165) is 50.5 Å². The molecule has 0 unspecified atom stereocenters. The Hall–Kier alpha value is -2.16. The Morgan fingerprint density at radius 2 is 1.90 bits per heavy atom. The van der Waals surface area contributed by atoms with Gasteiger partial charge in [0.2, 0.25) is 0 Å². The summed E-state index contributed by atoms with van der Waals surface area (Å²) < 4.78 is 14.7. The Balaban J connectivity index is 1.33. The van der Waals surface area contributed by atoms with E-state index in [-0.39, 0.29) is 17.1 Å². The molecule has 6 atom stereocenters. The van der Waals surface area contributed by atoms with Crippen LogP contribution in [0.5, 0.6) is 5.75 Å². The lowest BCUT2D eigenvalue weighted by atomic mass is 9.52. The molecule has 0 saturated heterocycles. The van der Waals surface area contributed by atoms with Crippen molar-refractivity contribution >= 4 is 5.78 Å². The van der Waals surface area contributed by atoms with E-state index in [2.05, 4.69) is 37.3 Å². The topological polar surface area (TPSA) is 37.3 Å². The van der Waals surface area contributed by atoms with Crippen molar-refractivity contribution < 1.29 is 14.3 Å². The molecule has 6 rings (SSSR count). The summed E-state index contributed by atoms with van der Waals surface area (Å²) >= 11 is 0. The highest BCUT2D eigenvalue weighted by Crippen LogP contribution is 2.80. The number of aryl methyl sites for hydroxylation is 3. The third-order valence-electron chi connectivity index (χ3n) is 9.33. The number of phenolic OH excluding ortho intramolecular Hbond substituents is 1. The third-order valence-corrected chi connectivity index (χ3v) is 9.33. The van der Waals surface area contributed by atoms with Gasteiger partial charge >= 0.3 is 0 Å². The maximum atomic E-state index is 14.7. The molecule has 0 aromatic heterocycles. The van der Waals surface area contributed by atoms with Crippen molar-refractivity contribution in [1.82, 2.24) is 0 Å². The van der Waals surface area contributed by atoms with Crippen LogP contribution in [0.15, 0.2) is 42.5 Å². The molecule has 4 aliphatic carbocycles. The molecule has 0 heterocycles. The van der Waals surface area contributed by atoms with E-state index >= 15 is 0 Å². The number of hydrogen-bond acceptors (Lipinski definition) is 2. The lowest BCUT2D eigenvalue weighted by molar-refractivity contribution is -0.136. The molecule has 0 radical (unpaired) electrons. The van der Waals surface area contributed by atoms with Crippen LogP contribution in [0.1, 0.15) is 60.8 Å².